The molecular weight excluding hydrogens is 394 g/mol. The maximum absolute atomic E-state index is 9.08. The Morgan fingerprint density at radius 3 is 2.67 bits per heavy atom. The van der Waals surface area contributed by atoms with Crippen molar-refractivity contribution in [3.05, 3.63) is 48.5 Å². The van der Waals surface area contributed by atoms with Gasteiger partial charge < -0.3 is 9.80 Å². The molecule has 0 aliphatic carbocycles. The van der Waals surface area contributed by atoms with E-state index in [1.54, 1.807) is 6.07 Å². The van der Waals surface area contributed by atoms with Crippen LogP contribution < -0.4 is 9.80 Å². The molecule has 7 nitrogen and oxygen atoms in total. The van der Waals surface area contributed by atoms with E-state index in [1.807, 2.05) is 26.4 Å². The molecule has 0 saturated carbocycles. The number of aromatic nitrogens is 4. The second kappa shape index (κ2) is 9.09. The lowest BCUT2D eigenvalue weighted by atomic mass is 10.1. The quantitative estimate of drug-likeness (QED) is 0.455. The molecule has 3 heterocycles. The number of rotatable bonds is 5. The summed E-state index contributed by atoms with van der Waals surface area (Å²) in [6.07, 6.45) is 6.96. The maximum Gasteiger partial charge on any atom is 0.194 e. The molecule has 0 bridgehead atoms. The van der Waals surface area contributed by atoms with E-state index in [9.17, 15) is 0 Å². The Labute approximate surface area is 180 Å². The van der Waals surface area contributed by atoms with Crippen molar-refractivity contribution >= 4 is 23.1 Å². The SMILES string of the molecule is CN(C)c1cccc(-c2nc(Sc3cc(C#N)ncn3)ncc2N2CCCCC2)c1. The standard InChI is InChI=1S/C22H23N7S/c1-28(2)18-8-6-7-16(11-18)21-19(29-9-4-3-5-10-29)14-24-22(27-21)30-20-12-17(13-23)25-15-26-20/h6-8,11-12,14-15H,3-5,9-10H2,1-2H3. The van der Waals surface area contributed by atoms with Gasteiger partial charge in [0.05, 0.1) is 17.6 Å². The first-order valence-electron chi connectivity index (χ1n) is 9.94. The summed E-state index contributed by atoms with van der Waals surface area (Å²) in [6.45, 7) is 2.04. The van der Waals surface area contributed by atoms with Gasteiger partial charge in [0.2, 0.25) is 0 Å². The number of anilines is 2. The average Bonchev–Trinajstić information content (AvgIpc) is 2.80. The van der Waals surface area contributed by atoms with Gasteiger partial charge in [-0.25, -0.2) is 19.9 Å². The minimum atomic E-state index is 0.330. The molecule has 152 valence electrons. The van der Waals surface area contributed by atoms with Gasteiger partial charge in [-0.15, -0.1) is 0 Å². The second-order valence-corrected chi connectivity index (χ2v) is 8.32. The molecule has 8 heteroatoms. The number of piperidine rings is 1. The number of hydrogen-bond acceptors (Lipinski definition) is 8. The third-order valence-corrected chi connectivity index (χ3v) is 5.84. The first-order valence-corrected chi connectivity index (χ1v) is 10.8. The summed E-state index contributed by atoms with van der Waals surface area (Å²) in [5.41, 5.74) is 4.50. The molecule has 30 heavy (non-hydrogen) atoms. The Kier molecular flexibility index (Phi) is 6.10. The normalized spacial score (nSPS) is 13.7. The second-order valence-electron chi connectivity index (χ2n) is 7.33. The van der Waals surface area contributed by atoms with Crippen molar-refractivity contribution in [2.45, 2.75) is 29.4 Å². The first kappa shape index (κ1) is 20.1. The highest BCUT2D eigenvalue weighted by Gasteiger charge is 2.19. The van der Waals surface area contributed by atoms with E-state index < -0.39 is 0 Å². The molecule has 0 spiro atoms. The van der Waals surface area contributed by atoms with Crippen molar-refractivity contribution in [1.82, 2.24) is 19.9 Å². The Hall–Kier alpha value is -3.18. The van der Waals surface area contributed by atoms with Crippen LogP contribution in [0.3, 0.4) is 0 Å². The van der Waals surface area contributed by atoms with Crippen molar-refractivity contribution in [2.75, 3.05) is 37.0 Å². The van der Waals surface area contributed by atoms with Crippen molar-refractivity contribution in [3.8, 4) is 17.3 Å². The van der Waals surface area contributed by atoms with Crippen LogP contribution in [0.15, 0.2) is 53.0 Å². The van der Waals surface area contributed by atoms with Gasteiger partial charge in [0.1, 0.15) is 23.1 Å². The Balaban J connectivity index is 1.74. The number of nitriles is 1. The first-order chi connectivity index (χ1) is 14.6. The monoisotopic (exact) mass is 417 g/mol. The van der Waals surface area contributed by atoms with Crippen LogP contribution in [0.4, 0.5) is 11.4 Å². The number of hydrogen-bond donors (Lipinski definition) is 0. The fourth-order valence-electron chi connectivity index (χ4n) is 3.47. The van der Waals surface area contributed by atoms with E-state index >= 15 is 0 Å². The van der Waals surface area contributed by atoms with Crippen LogP contribution in [-0.4, -0.2) is 47.1 Å². The van der Waals surface area contributed by atoms with Crippen LogP contribution in [0.1, 0.15) is 25.0 Å². The predicted molar refractivity (Wildman–Crippen MR) is 119 cm³/mol. The average molecular weight is 418 g/mol. The number of nitrogens with zero attached hydrogens (tertiary/aromatic N) is 7. The van der Waals surface area contributed by atoms with E-state index in [4.69, 9.17) is 10.2 Å². The summed E-state index contributed by atoms with van der Waals surface area (Å²) in [7, 11) is 4.07. The summed E-state index contributed by atoms with van der Waals surface area (Å²) in [5, 5.41) is 10.3. The summed E-state index contributed by atoms with van der Waals surface area (Å²) in [4.78, 5) is 22.2. The fraction of sp³-hybridized carbons (Fsp3) is 0.318. The smallest absolute Gasteiger partial charge is 0.194 e. The molecule has 4 rings (SSSR count). The largest absolute Gasteiger partial charge is 0.378 e. The highest BCUT2D eigenvalue weighted by Crippen LogP contribution is 2.34. The van der Waals surface area contributed by atoms with Crippen molar-refractivity contribution in [3.63, 3.8) is 0 Å². The fourth-order valence-corrected chi connectivity index (χ4v) is 4.17. The predicted octanol–water partition coefficient (Wildman–Crippen LogP) is 4.01. The molecule has 1 fully saturated rings. The van der Waals surface area contributed by atoms with Gasteiger partial charge >= 0.3 is 0 Å². The van der Waals surface area contributed by atoms with Crippen LogP contribution in [0.25, 0.3) is 11.3 Å². The van der Waals surface area contributed by atoms with Gasteiger partial charge in [0.25, 0.3) is 0 Å². The lowest BCUT2D eigenvalue weighted by Crippen LogP contribution is -2.30. The molecule has 0 N–H and O–H groups in total. The lowest BCUT2D eigenvalue weighted by molar-refractivity contribution is 0.576. The van der Waals surface area contributed by atoms with Crippen molar-refractivity contribution in [2.24, 2.45) is 0 Å². The van der Waals surface area contributed by atoms with Crippen LogP contribution in [0.2, 0.25) is 0 Å². The Bertz CT molecular complexity index is 1070. The molecule has 1 aromatic carbocycles. The van der Waals surface area contributed by atoms with Crippen LogP contribution in [0, 0.1) is 11.3 Å². The van der Waals surface area contributed by atoms with Gasteiger partial charge in [0.15, 0.2) is 5.16 Å². The van der Waals surface area contributed by atoms with Crippen LogP contribution >= 0.6 is 11.8 Å². The zero-order valence-electron chi connectivity index (χ0n) is 17.1. The lowest BCUT2D eigenvalue weighted by Gasteiger charge is -2.30. The van der Waals surface area contributed by atoms with Crippen LogP contribution in [0.5, 0.6) is 0 Å². The third-order valence-electron chi connectivity index (χ3n) is 5.03. The topological polar surface area (TPSA) is 81.8 Å². The molecule has 3 aromatic rings. The van der Waals surface area contributed by atoms with Gasteiger partial charge in [-0.2, -0.15) is 5.26 Å². The van der Waals surface area contributed by atoms with Gasteiger partial charge in [-0.3, -0.25) is 0 Å². The number of benzene rings is 1. The molecule has 1 saturated heterocycles. The minimum Gasteiger partial charge on any atom is -0.378 e. The Morgan fingerprint density at radius 1 is 1.07 bits per heavy atom. The molecule has 1 aliphatic heterocycles. The zero-order valence-corrected chi connectivity index (χ0v) is 17.9. The van der Waals surface area contributed by atoms with Gasteiger partial charge in [-0.1, -0.05) is 12.1 Å². The molecular formula is C22H23N7S. The highest BCUT2D eigenvalue weighted by atomic mass is 32.2. The maximum atomic E-state index is 9.08. The van der Waals surface area contributed by atoms with E-state index in [1.165, 1.54) is 37.4 Å². The molecule has 0 unspecified atom stereocenters. The Morgan fingerprint density at radius 2 is 1.90 bits per heavy atom. The van der Waals surface area contributed by atoms with Gasteiger partial charge in [-0.05, 0) is 43.2 Å². The minimum absolute atomic E-state index is 0.330. The van der Waals surface area contributed by atoms with Crippen molar-refractivity contribution in [1.29, 1.82) is 5.26 Å². The summed E-state index contributed by atoms with van der Waals surface area (Å²) in [5.74, 6) is 0. The van der Waals surface area contributed by atoms with E-state index in [0.717, 1.165) is 35.7 Å². The summed E-state index contributed by atoms with van der Waals surface area (Å²) in [6, 6.07) is 12.1. The molecule has 0 atom stereocenters. The van der Waals surface area contributed by atoms with Gasteiger partial charge in [0, 0.05) is 44.5 Å². The summed E-state index contributed by atoms with van der Waals surface area (Å²) < 4.78 is 0. The van der Waals surface area contributed by atoms with E-state index in [-0.39, 0.29) is 0 Å². The van der Waals surface area contributed by atoms with E-state index in [2.05, 4.69) is 49.0 Å². The molecule has 2 aromatic heterocycles. The summed E-state index contributed by atoms with van der Waals surface area (Å²) >= 11 is 1.34. The van der Waals surface area contributed by atoms with E-state index in [0.29, 0.717) is 15.9 Å². The van der Waals surface area contributed by atoms with Crippen LogP contribution in [-0.2, 0) is 0 Å². The third kappa shape index (κ3) is 4.52. The highest BCUT2D eigenvalue weighted by molar-refractivity contribution is 7.99. The molecule has 0 radical (unpaired) electrons. The molecule has 1 aliphatic rings. The zero-order chi connectivity index (χ0) is 20.9. The molecule has 0 amide bonds. The van der Waals surface area contributed by atoms with Crippen molar-refractivity contribution < 1.29 is 0 Å².